The quantitative estimate of drug-likeness (QED) is 0.381. The van der Waals surface area contributed by atoms with Crippen LogP contribution in [0.5, 0.6) is 0 Å². The molecule has 156 valence electrons. The lowest BCUT2D eigenvalue weighted by Gasteiger charge is -2.19. The molecule has 0 radical (unpaired) electrons. The molecule has 1 amide bonds. The highest BCUT2D eigenvalue weighted by Gasteiger charge is 2.46. The normalized spacial score (nSPS) is 31.4. The highest BCUT2D eigenvalue weighted by Crippen LogP contribution is 2.41. The Balaban J connectivity index is 1.73. The van der Waals surface area contributed by atoms with Crippen LogP contribution in [0, 0.1) is 11.8 Å². The largest absolute Gasteiger partial charge is 0.392 e. The monoisotopic (exact) mass is 380 g/mol. The number of hydrogen-bond acceptors (Lipinski definition) is 4. The van der Waals surface area contributed by atoms with Gasteiger partial charge in [0.25, 0.3) is 0 Å². The van der Waals surface area contributed by atoms with Gasteiger partial charge in [-0.25, -0.2) is 0 Å². The molecular weight excluding hydrogens is 340 g/mol. The smallest absolute Gasteiger partial charge is 0.222 e. The molecule has 5 nitrogen and oxygen atoms in total. The van der Waals surface area contributed by atoms with E-state index in [4.69, 9.17) is 0 Å². The van der Waals surface area contributed by atoms with Gasteiger partial charge in [0.1, 0.15) is 0 Å². The first-order valence-corrected chi connectivity index (χ1v) is 10.9. The Morgan fingerprint density at radius 2 is 2.00 bits per heavy atom. The number of amides is 1. The lowest BCUT2D eigenvalue weighted by molar-refractivity contribution is -0.128. The lowest BCUT2D eigenvalue weighted by atomic mass is 9.89. The van der Waals surface area contributed by atoms with Crippen molar-refractivity contribution in [2.45, 2.75) is 95.4 Å². The maximum absolute atomic E-state index is 11.6. The molecule has 1 heterocycles. The van der Waals surface area contributed by atoms with Gasteiger partial charge < -0.3 is 20.4 Å². The molecule has 0 spiro atoms. The van der Waals surface area contributed by atoms with E-state index in [2.05, 4.69) is 18.3 Å². The third kappa shape index (κ3) is 6.88. The molecule has 27 heavy (non-hydrogen) atoms. The van der Waals surface area contributed by atoms with Crippen LogP contribution in [0.1, 0.15) is 71.1 Å². The van der Waals surface area contributed by atoms with Gasteiger partial charge in [-0.3, -0.25) is 4.79 Å². The van der Waals surface area contributed by atoms with E-state index in [0.29, 0.717) is 24.4 Å². The molecule has 1 aliphatic carbocycles. The molecule has 1 aliphatic heterocycles. The summed E-state index contributed by atoms with van der Waals surface area (Å²) in [6, 6.07) is 0.882. The summed E-state index contributed by atoms with van der Waals surface area (Å²) in [6.45, 7) is 2.17. The zero-order valence-electron chi connectivity index (χ0n) is 17.4. The summed E-state index contributed by atoms with van der Waals surface area (Å²) in [5, 5.41) is 24.2. The molecule has 1 saturated carbocycles. The number of fused-ring (bicyclic) bond motifs is 1. The number of unbranched alkanes of at least 4 members (excludes halogenated alkanes) is 3. The topological polar surface area (TPSA) is 72.8 Å². The molecule has 6 atom stereocenters. The summed E-state index contributed by atoms with van der Waals surface area (Å²) in [4.78, 5) is 13.3. The number of aliphatic hydroxyl groups is 2. The molecule has 0 unspecified atom stereocenters. The fraction of sp³-hybridized carbons (Fsp3) is 0.864. The molecule has 0 bridgehead atoms. The van der Waals surface area contributed by atoms with Crippen LogP contribution in [0.15, 0.2) is 12.2 Å². The molecule has 2 aliphatic rings. The van der Waals surface area contributed by atoms with Crippen LogP contribution in [-0.4, -0.2) is 59.4 Å². The summed E-state index contributed by atoms with van der Waals surface area (Å²) in [5.74, 6) is 0.827. The Labute approximate surface area is 165 Å². The first-order valence-electron chi connectivity index (χ1n) is 10.9. The zero-order valence-corrected chi connectivity index (χ0v) is 17.4. The van der Waals surface area contributed by atoms with E-state index in [1.165, 1.54) is 0 Å². The Morgan fingerprint density at radius 3 is 2.70 bits per heavy atom. The van der Waals surface area contributed by atoms with Crippen molar-refractivity contribution in [1.29, 1.82) is 0 Å². The maximum atomic E-state index is 11.6. The van der Waals surface area contributed by atoms with Crippen LogP contribution >= 0.6 is 0 Å². The minimum absolute atomic E-state index is 0.156. The Kier molecular flexibility index (Phi) is 9.27. The van der Waals surface area contributed by atoms with Crippen LogP contribution in [0.25, 0.3) is 0 Å². The Bertz CT molecular complexity index is 480. The summed E-state index contributed by atoms with van der Waals surface area (Å²) in [5.41, 5.74) is 0. The van der Waals surface area contributed by atoms with Gasteiger partial charge in [0.2, 0.25) is 5.91 Å². The van der Waals surface area contributed by atoms with E-state index in [1.807, 2.05) is 20.2 Å². The third-order valence-electron chi connectivity index (χ3n) is 6.31. The second-order valence-corrected chi connectivity index (χ2v) is 8.73. The van der Waals surface area contributed by atoms with E-state index in [9.17, 15) is 15.0 Å². The van der Waals surface area contributed by atoms with Crippen LogP contribution in [0.2, 0.25) is 0 Å². The summed E-state index contributed by atoms with van der Waals surface area (Å²) < 4.78 is 0. The number of carbonyl (C=O) groups is 1. The fourth-order valence-electron chi connectivity index (χ4n) is 4.68. The third-order valence-corrected chi connectivity index (χ3v) is 6.31. The molecule has 0 aromatic carbocycles. The number of carbonyl (C=O) groups excluding carboxylic acids is 1. The summed E-state index contributed by atoms with van der Waals surface area (Å²) in [6.07, 6.45) is 13.1. The Morgan fingerprint density at radius 1 is 1.22 bits per heavy atom. The maximum Gasteiger partial charge on any atom is 0.222 e. The first-order chi connectivity index (χ1) is 12.9. The van der Waals surface area contributed by atoms with E-state index >= 15 is 0 Å². The van der Waals surface area contributed by atoms with Crippen molar-refractivity contribution in [3.8, 4) is 0 Å². The molecule has 5 heteroatoms. The minimum atomic E-state index is -0.387. The van der Waals surface area contributed by atoms with Crippen LogP contribution in [0.3, 0.4) is 0 Å². The van der Waals surface area contributed by atoms with Crippen LogP contribution in [0.4, 0.5) is 0 Å². The average molecular weight is 381 g/mol. The summed E-state index contributed by atoms with van der Waals surface area (Å²) >= 11 is 0. The minimum Gasteiger partial charge on any atom is -0.392 e. The van der Waals surface area contributed by atoms with Crippen LogP contribution < -0.4 is 5.32 Å². The summed E-state index contributed by atoms with van der Waals surface area (Å²) in [7, 11) is 3.61. The Hall–Kier alpha value is -0.910. The molecule has 2 fully saturated rings. The first kappa shape index (κ1) is 22.4. The second kappa shape index (κ2) is 11.2. The van der Waals surface area contributed by atoms with Crippen molar-refractivity contribution in [1.82, 2.24) is 10.2 Å². The number of nitrogens with one attached hydrogen (secondary N) is 1. The molecule has 2 rings (SSSR count). The highest BCUT2D eigenvalue weighted by molar-refractivity contribution is 5.75. The second-order valence-electron chi connectivity index (χ2n) is 8.73. The zero-order chi connectivity index (χ0) is 19.8. The molecule has 0 aromatic heterocycles. The molecular formula is C22H40N2O3. The fourth-order valence-corrected chi connectivity index (χ4v) is 4.68. The van der Waals surface area contributed by atoms with Crippen molar-refractivity contribution >= 4 is 5.91 Å². The van der Waals surface area contributed by atoms with Crippen molar-refractivity contribution in [3.05, 3.63) is 12.2 Å². The van der Waals surface area contributed by atoms with Crippen molar-refractivity contribution < 1.29 is 15.0 Å². The van der Waals surface area contributed by atoms with Crippen molar-refractivity contribution in [2.24, 2.45) is 11.8 Å². The van der Waals surface area contributed by atoms with Gasteiger partial charge in [0.05, 0.1) is 12.2 Å². The van der Waals surface area contributed by atoms with Gasteiger partial charge in [-0.15, -0.1) is 0 Å². The van der Waals surface area contributed by atoms with Crippen molar-refractivity contribution in [3.63, 3.8) is 0 Å². The molecule has 3 N–H and O–H groups in total. The molecule has 1 saturated heterocycles. The SMILES string of the molecule is CCCCC[C@H](O)C=C[C@@H]1[C@H]2C[C@H](CCCCC(=O)N(C)C)N[C@H]2C[C@H]1O. The number of hydrogen-bond donors (Lipinski definition) is 3. The molecule has 0 aromatic rings. The predicted molar refractivity (Wildman–Crippen MR) is 109 cm³/mol. The standard InChI is InChI=1S/C22H40N2O3/c1-4-5-6-10-17(25)12-13-18-19-14-16(23-20(19)15-21(18)26)9-7-8-11-22(27)24(2)3/h12-13,16-21,23,25-26H,4-11,14-15H2,1-3H3/t16-,17-,18+,19+,20-,21+/m0/s1. The van der Waals surface area contributed by atoms with Gasteiger partial charge >= 0.3 is 0 Å². The van der Waals surface area contributed by atoms with Gasteiger partial charge in [-0.1, -0.05) is 44.8 Å². The van der Waals surface area contributed by atoms with Gasteiger partial charge in [0.15, 0.2) is 0 Å². The highest BCUT2D eigenvalue weighted by atomic mass is 16.3. The lowest BCUT2D eigenvalue weighted by Crippen LogP contribution is -2.30. The van der Waals surface area contributed by atoms with Gasteiger partial charge in [-0.05, 0) is 38.0 Å². The number of rotatable bonds is 11. The van der Waals surface area contributed by atoms with Crippen molar-refractivity contribution in [2.75, 3.05) is 14.1 Å². The predicted octanol–water partition coefficient (Wildman–Crippen LogP) is 2.86. The van der Waals surface area contributed by atoms with Gasteiger partial charge in [0, 0.05) is 38.5 Å². The number of aliphatic hydroxyl groups excluding tert-OH is 2. The average Bonchev–Trinajstić information content (AvgIpc) is 3.13. The van der Waals surface area contributed by atoms with Gasteiger partial charge in [-0.2, -0.15) is 0 Å². The van der Waals surface area contributed by atoms with E-state index < -0.39 is 0 Å². The van der Waals surface area contributed by atoms with Crippen LogP contribution in [-0.2, 0) is 4.79 Å². The van der Waals surface area contributed by atoms with E-state index in [-0.39, 0.29) is 24.0 Å². The number of nitrogens with zero attached hydrogens (tertiary/aromatic N) is 1. The van der Waals surface area contributed by atoms with E-state index in [1.54, 1.807) is 4.90 Å². The van der Waals surface area contributed by atoms with E-state index in [0.717, 1.165) is 57.8 Å².